The molecular weight excluding hydrogens is 484 g/mol. The maximum absolute atomic E-state index is 14.4. The molecule has 8 heteroatoms. The standard InChI is InChI=1S/C30H32N2O6/c1-19(18-33)32-26-28(35)31(22-13-12-20-9-5-6-10-21(20)17-22)15-8-14-30(26)25(27(32)34)24-23(38-30)11-4-2-3-7-16-37-29(24)36/h4-6,8-14,17,19,23-26,33H,2-3,7,15-16,18H2,1H3/b11-4-/t19-,23+,24-,25+,26?,30+/m1/s1. The number of allylic oxidation sites excluding steroid dienone is 1. The van der Waals surface area contributed by atoms with Crippen molar-refractivity contribution in [1.29, 1.82) is 0 Å². The number of amides is 2. The average Bonchev–Trinajstić information content (AvgIpc) is 3.32. The lowest BCUT2D eigenvalue weighted by molar-refractivity contribution is -0.155. The zero-order chi connectivity index (χ0) is 26.4. The summed E-state index contributed by atoms with van der Waals surface area (Å²) in [7, 11) is 0. The molecule has 4 aliphatic rings. The molecule has 2 fully saturated rings. The Kier molecular flexibility index (Phi) is 6.32. The fourth-order valence-electron chi connectivity index (χ4n) is 6.49. The predicted octanol–water partition coefficient (Wildman–Crippen LogP) is 2.99. The molecule has 2 aromatic rings. The van der Waals surface area contributed by atoms with Gasteiger partial charge in [0.2, 0.25) is 5.91 Å². The van der Waals surface area contributed by atoms with Crippen LogP contribution in [0, 0.1) is 11.8 Å². The lowest BCUT2D eigenvalue weighted by Crippen LogP contribution is -2.57. The first-order chi connectivity index (χ1) is 18.5. The molecular formula is C30H32N2O6. The minimum atomic E-state index is -1.35. The largest absolute Gasteiger partial charge is 0.465 e. The third-order valence-corrected chi connectivity index (χ3v) is 8.32. The second kappa shape index (κ2) is 9.67. The average molecular weight is 517 g/mol. The predicted molar refractivity (Wildman–Crippen MR) is 141 cm³/mol. The molecule has 198 valence electrons. The van der Waals surface area contributed by atoms with E-state index in [0.717, 1.165) is 30.0 Å². The van der Waals surface area contributed by atoms with Crippen LogP contribution in [-0.4, -0.2) is 71.3 Å². The summed E-state index contributed by atoms with van der Waals surface area (Å²) in [5.74, 6) is -2.96. The number of hydrogen-bond acceptors (Lipinski definition) is 6. The number of aliphatic hydroxyl groups is 1. The van der Waals surface area contributed by atoms with E-state index in [1.165, 1.54) is 4.90 Å². The van der Waals surface area contributed by atoms with Crippen molar-refractivity contribution < 1.29 is 29.0 Å². The Labute approximate surface area is 221 Å². The van der Waals surface area contributed by atoms with Crippen molar-refractivity contribution in [2.75, 3.05) is 24.7 Å². The van der Waals surface area contributed by atoms with Gasteiger partial charge in [-0.2, -0.15) is 0 Å². The third kappa shape index (κ3) is 3.77. The molecule has 0 saturated carbocycles. The van der Waals surface area contributed by atoms with Gasteiger partial charge < -0.3 is 24.4 Å². The van der Waals surface area contributed by atoms with Crippen molar-refractivity contribution in [2.45, 2.75) is 50.0 Å². The van der Waals surface area contributed by atoms with Gasteiger partial charge in [0.15, 0.2) is 0 Å². The van der Waals surface area contributed by atoms with Crippen LogP contribution in [0.5, 0.6) is 0 Å². The van der Waals surface area contributed by atoms with Crippen LogP contribution in [-0.2, 0) is 23.9 Å². The summed E-state index contributed by atoms with van der Waals surface area (Å²) in [6.45, 7) is 1.96. The van der Waals surface area contributed by atoms with Crippen LogP contribution in [0.15, 0.2) is 66.8 Å². The van der Waals surface area contributed by atoms with E-state index in [4.69, 9.17) is 9.47 Å². The van der Waals surface area contributed by atoms with Crippen molar-refractivity contribution in [3.63, 3.8) is 0 Å². The lowest BCUT2D eigenvalue weighted by atomic mass is 9.78. The Morgan fingerprint density at radius 2 is 1.87 bits per heavy atom. The molecule has 2 aromatic carbocycles. The van der Waals surface area contributed by atoms with E-state index in [9.17, 15) is 19.5 Å². The normalized spacial score (nSPS) is 32.8. The van der Waals surface area contributed by atoms with Gasteiger partial charge in [-0.15, -0.1) is 0 Å². The SMILES string of the molecule is C[C@H](CO)N1C(=O)[C@@H]2[C@@H]3C(=O)OCCCC/C=C\[C@@H]3O[C@@]23C=CCN(c2ccc4ccccc4c2)C(=O)C13. The highest BCUT2D eigenvalue weighted by molar-refractivity contribution is 6.06. The van der Waals surface area contributed by atoms with Gasteiger partial charge in [0, 0.05) is 12.2 Å². The summed E-state index contributed by atoms with van der Waals surface area (Å²) in [4.78, 5) is 44.9. The van der Waals surface area contributed by atoms with Crippen LogP contribution < -0.4 is 4.90 Å². The highest BCUT2D eigenvalue weighted by Gasteiger charge is 2.72. The molecule has 4 aliphatic heterocycles. The summed E-state index contributed by atoms with van der Waals surface area (Å²) in [5.41, 5.74) is -0.644. The monoisotopic (exact) mass is 516 g/mol. The van der Waals surface area contributed by atoms with Crippen LogP contribution in [0.3, 0.4) is 0 Å². The number of hydrogen-bond donors (Lipinski definition) is 1. The number of cyclic esters (lactones) is 1. The number of ether oxygens (including phenoxy) is 2. The molecule has 8 nitrogen and oxygen atoms in total. The molecule has 38 heavy (non-hydrogen) atoms. The van der Waals surface area contributed by atoms with Crippen molar-refractivity contribution in [1.82, 2.24) is 4.90 Å². The fraction of sp³-hybridized carbons (Fsp3) is 0.433. The Balaban J connectivity index is 1.46. The number of carbonyl (C=O) groups excluding carboxylic acids is 3. The lowest BCUT2D eigenvalue weighted by Gasteiger charge is -2.37. The number of rotatable bonds is 3. The molecule has 6 rings (SSSR count). The number of esters is 1. The number of likely N-dealkylation sites (tertiary alicyclic amines) is 1. The minimum absolute atomic E-state index is 0.286. The fourth-order valence-corrected chi connectivity index (χ4v) is 6.49. The van der Waals surface area contributed by atoms with Gasteiger partial charge in [-0.1, -0.05) is 54.6 Å². The zero-order valence-corrected chi connectivity index (χ0v) is 21.4. The van der Waals surface area contributed by atoms with Crippen molar-refractivity contribution in [3.05, 3.63) is 66.8 Å². The van der Waals surface area contributed by atoms with Gasteiger partial charge in [-0.3, -0.25) is 14.4 Å². The molecule has 0 aromatic heterocycles. The van der Waals surface area contributed by atoms with Crippen LogP contribution in [0.2, 0.25) is 0 Å². The first kappa shape index (κ1) is 24.8. The van der Waals surface area contributed by atoms with Crippen LogP contribution in [0.1, 0.15) is 26.2 Å². The molecule has 0 radical (unpaired) electrons. The van der Waals surface area contributed by atoms with E-state index in [2.05, 4.69) is 0 Å². The summed E-state index contributed by atoms with van der Waals surface area (Å²) < 4.78 is 12.2. The number of carbonyl (C=O) groups is 3. The maximum Gasteiger partial charge on any atom is 0.312 e. The highest BCUT2D eigenvalue weighted by Crippen LogP contribution is 2.53. The number of fused-ring (bicyclic) bond motifs is 3. The molecule has 4 heterocycles. The van der Waals surface area contributed by atoms with Gasteiger partial charge >= 0.3 is 5.97 Å². The summed E-state index contributed by atoms with van der Waals surface area (Å²) in [6, 6.07) is 12.1. The van der Waals surface area contributed by atoms with Crippen LogP contribution in [0.4, 0.5) is 5.69 Å². The van der Waals surface area contributed by atoms with E-state index in [1.807, 2.05) is 60.7 Å². The molecule has 1 spiro atoms. The maximum atomic E-state index is 14.4. The third-order valence-electron chi connectivity index (χ3n) is 8.32. The number of nitrogens with zero attached hydrogens (tertiary/aromatic N) is 2. The molecule has 0 bridgehead atoms. The number of benzene rings is 2. The second-order valence-corrected chi connectivity index (χ2v) is 10.6. The van der Waals surface area contributed by atoms with Crippen molar-refractivity contribution >= 4 is 34.2 Å². The van der Waals surface area contributed by atoms with Gasteiger partial charge in [0.1, 0.15) is 17.6 Å². The van der Waals surface area contributed by atoms with E-state index in [1.54, 1.807) is 17.9 Å². The Bertz CT molecular complexity index is 1340. The Morgan fingerprint density at radius 3 is 2.68 bits per heavy atom. The van der Waals surface area contributed by atoms with E-state index >= 15 is 0 Å². The van der Waals surface area contributed by atoms with E-state index in [0.29, 0.717) is 5.69 Å². The number of anilines is 1. The van der Waals surface area contributed by atoms with Crippen molar-refractivity contribution in [2.24, 2.45) is 11.8 Å². The Morgan fingerprint density at radius 1 is 1.05 bits per heavy atom. The second-order valence-electron chi connectivity index (χ2n) is 10.6. The smallest absolute Gasteiger partial charge is 0.312 e. The molecule has 0 aliphatic carbocycles. The molecule has 2 amide bonds. The van der Waals surface area contributed by atoms with E-state index < -0.39 is 41.6 Å². The van der Waals surface area contributed by atoms with Crippen LogP contribution in [0.25, 0.3) is 10.8 Å². The van der Waals surface area contributed by atoms with Gasteiger partial charge in [0.05, 0.1) is 31.3 Å². The molecule has 6 atom stereocenters. The topological polar surface area (TPSA) is 96.4 Å². The van der Waals surface area contributed by atoms with Crippen molar-refractivity contribution in [3.8, 4) is 0 Å². The first-order valence-electron chi connectivity index (χ1n) is 13.4. The quantitative estimate of drug-likeness (QED) is 0.498. The zero-order valence-electron chi connectivity index (χ0n) is 21.4. The molecule has 2 saturated heterocycles. The highest BCUT2D eigenvalue weighted by atomic mass is 16.6. The van der Waals surface area contributed by atoms with Crippen LogP contribution >= 0.6 is 0 Å². The number of aliphatic hydroxyl groups excluding tert-OH is 1. The van der Waals surface area contributed by atoms with E-state index in [-0.39, 0.29) is 31.6 Å². The summed E-state index contributed by atoms with van der Waals surface area (Å²) in [5, 5.41) is 12.1. The summed E-state index contributed by atoms with van der Waals surface area (Å²) in [6.07, 6.45) is 9.25. The molecule has 1 N–H and O–H groups in total. The first-order valence-corrected chi connectivity index (χ1v) is 13.4. The minimum Gasteiger partial charge on any atom is -0.465 e. The van der Waals surface area contributed by atoms with Gasteiger partial charge in [-0.05, 0) is 49.1 Å². The summed E-state index contributed by atoms with van der Waals surface area (Å²) >= 11 is 0. The van der Waals surface area contributed by atoms with Gasteiger partial charge in [-0.25, -0.2) is 0 Å². The molecule has 1 unspecified atom stereocenters. The Hall–Kier alpha value is -3.49. The van der Waals surface area contributed by atoms with Gasteiger partial charge in [0.25, 0.3) is 5.91 Å².